The van der Waals surface area contributed by atoms with Crippen LogP contribution in [0, 0.1) is 0 Å². The number of epoxide rings is 4. The highest BCUT2D eigenvalue weighted by Gasteiger charge is 2.37. The van der Waals surface area contributed by atoms with E-state index < -0.39 is 6.10 Å². The van der Waals surface area contributed by atoms with Gasteiger partial charge in [0.1, 0.15) is 6.10 Å². The average molecular weight is 511 g/mol. The second-order valence-electron chi connectivity index (χ2n) is 11.9. The van der Waals surface area contributed by atoms with Gasteiger partial charge in [0.2, 0.25) is 0 Å². The van der Waals surface area contributed by atoms with Gasteiger partial charge in [0.15, 0.2) is 0 Å². The number of aliphatic hydroxyl groups excluding tert-OH is 1. The van der Waals surface area contributed by atoms with E-state index in [9.17, 15) is 5.11 Å². The minimum Gasteiger partial charge on any atom is -0.388 e. The molecular formula is C27H46N2O7. The van der Waals surface area contributed by atoms with Crippen molar-refractivity contribution in [2.45, 2.75) is 106 Å². The summed E-state index contributed by atoms with van der Waals surface area (Å²) >= 11 is 0. The van der Waals surface area contributed by atoms with Crippen molar-refractivity contribution in [3.63, 3.8) is 0 Å². The van der Waals surface area contributed by atoms with Crippen molar-refractivity contribution in [2.24, 2.45) is 0 Å². The van der Waals surface area contributed by atoms with Crippen LogP contribution in [0.15, 0.2) is 0 Å². The molecule has 6 rings (SSSR count). The lowest BCUT2D eigenvalue weighted by Gasteiger charge is -2.37. The van der Waals surface area contributed by atoms with Crippen LogP contribution >= 0.6 is 0 Å². The van der Waals surface area contributed by atoms with E-state index in [0.29, 0.717) is 49.7 Å². The van der Waals surface area contributed by atoms with Gasteiger partial charge in [-0.2, -0.15) is 0 Å². The summed E-state index contributed by atoms with van der Waals surface area (Å²) in [6.45, 7) is 8.53. The topological polar surface area (TPSA) is 95.3 Å². The molecule has 4 saturated heterocycles. The smallest absolute Gasteiger partial charge is 0.101 e. The van der Waals surface area contributed by atoms with Crippen molar-refractivity contribution < 1.29 is 33.5 Å². The Kier molecular flexibility index (Phi) is 8.79. The first-order valence-corrected chi connectivity index (χ1v) is 14.5. The Hall–Kier alpha value is -0.360. The molecule has 0 aromatic heterocycles. The number of rotatable bonds is 16. The van der Waals surface area contributed by atoms with Crippen LogP contribution in [0.5, 0.6) is 0 Å². The largest absolute Gasteiger partial charge is 0.388 e. The minimum absolute atomic E-state index is 0.249. The Bertz CT molecular complexity index is 585. The molecule has 6 aliphatic rings. The zero-order valence-corrected chi connectivity index (χ0v) is 21.7. The van der Waals surface area contributed by atoms with Crippen LogP contribution < -0.4 is 0 Å². The summed E-state index contributed by atoms with van der Waals surface area (Å²) in [7, 11) is 0. The summed E-state index contributed by atoms with van der Waals surface area (Å²) in [5.74, 6) is 0. The molecule has 36 heavy (non-hydrogen) atoms. The van der Waals surface area contributed by atoms with E-state index in [1.165, 1.54) is 0 Å². The second kappa shape index (κ2) is 12.2. The number of hydrogen-bond donors (Lipinski definition) is 1. The normalized spacial score (nSPS) is 40.4. The van der Waals surface area contributed by atoms with Crippen molar-refractivity contribution >= 4 is 0 Å². The van der Waals surface area contributed by atoms with Gasteiger partial charge in [-0.15, -0.1) is 0 Å². The van der Waals surface area contributed by atoms with Gasteiger partial charge in [-0.1, -0.05) is 0 Å². The van der Waals surface area contributed by atoms with Gasteiger partial charge >= 0.3 is 0 Å². The van der Waals surface area contributed by atoms with Gasteiger partial charge in [-0.05, 0) is 51.4 Å². The molecule has 4 atom stereocenters. The summed E-state index contributed by atoms with van der Waals surface area (Å²) in [5, 5.41) is 10.5. The summed E-state index contributed by atoms with van der Waals surface area (Å²) in [4.78, 5) is 5.17. The van der Waals surface area contributed by atoms with E-state index in [1.807, 2.05) is 0 Å². The molecule has 4 heterocycles. The lowest BCUT2D eigenvalue weighted by molar-refractivity contribution is -0.0801. The van der Waals surface area contributed by atoms with Crippen molar-refractivity contribution in [3.8, 4) is 0 Å². The van der Waals surface area contributed by atoms with E-state index in [0.717, 1.165) is 104 Å². The molecule has 0 amide bonds. The van der Waals surface area contributed by atoms with Gasteiger partial charge in [0.05, 0.1) is 76.3 Å². The molecule has 2 aliphatic carbocycles. The van der Waals surface area contributed by atoms with E-state index >= 15 is 0 Å². The van der Waals surface area contributed by atoms with E-state index in [-0.39, 0.29) is 12.2 Å². The van der Waals surface area contributed by atoms with Crippen molar-refractivity contribution in [2.75, 3.05) is 65.8 Å². The molecular weight excluding hydrogens is 464 g/mol. The first kappa shape index (κ1) is 25.9. The zero-order chi connectivity index (χ0) is 24.3. The molecule has 9 nitrogen and oxygen atoms in total. The van der Waals surface area contributed by atoms with Crippen LogP contribution in [-0.2, 0) is 28.4 Å². The Morgan fingerprint density at radius 3 is 1.14 bits per heavy atom. The molecule has 6 fully saturated rings. The van der Waals surface area contributed by atoms with Crippen molar-refractivity contribution in [3.05, 3.63) is 0 Å². The Morgan fingerprint density at radius 2 is 0.861 bits per heavy atom. The molecule has 0 aromatic rings. The third kappa shape index (κ3) is 8.32. The minimum atomic E-state index is -0.550. The molecule has 4 aliphatic heterocycles. The highest BCUT2D eigenvalue weighted by Crippen LogP contribution is 2.30. The molecule has 2 saturated carbocycles. The fraction of sp³-hybridized carbons (Fsp3) is 1.00. The molecule has 1 N–H and O–H groups in total. The second-order valence-corrected chi connectivity index (χ2v) is 11.9. The molecule has 4 unspecified atom stereocenters. The van der Waals surface area contributed by atoms with Gasteiger partial charge < -0.3 is 33.5 Å². The first-order chi connectivity index (χ1) is 17.7. The fourth-order valence-corrected chi connectivity index (χ4v) is 6.18. The highest BCUT2D eigenvalue weighted by molar-refractivity contribution is 4.89. The number of hydrogen-bond acceptors (Lipinski definition) is 9. The SMILES string of the molecule is OC(COC1CCC(N(CC2CO2)CC2CO2)CC1)COC1CCC(N(CC2CO2)CC2CO2)CC1. The third-order valence-electron chi connectivity index (χ3n) is 8.73. The van der Waals surface area contributed by atoms with Crippen molar-refractivity contribution in [1.82, 2.24) is 9.80 Å². The number of ether oxygens (including phenoxy) is 6. The predicted molar refractivity (Wildman–Crippen MR) is 132 cm³/mol. The van der Waals surface area contributed by atoms with Gasteiger partial charge in [-0.25, -0.2) is 0 Å². The van der Waals surface area contributed by atoms with Crippen LogP contribution in [0.1, 0.15) is 51.4 Å². The highest BCUT2D eigenvalue weighted by atomic mass is 16.6. The lowest BCUT2D eigenvalue weighted by atomic mass is 9.91. The Labute approximate surface area is 215 Å². The summed E-state index contributed by atoms with van der Waals surface area (Å²) < 4.78 is 34.1. The van der Waals surface area contributed by atoms with Crippen LogP contribution in [0.4, 0.5) is 0 Å². The number of aliphatic hydroxyl groups is 1. The lowest BCUT2D eigenvalue weighted by Crippen LogP contribution is -2.44. The van der Waals surface area contributed by atoms with Crippen LogP contribution in [-0.4, -0.2) is 136 Å². The Balaban J connectivity index is 0.838. The van der Waals surface area contributed by atoms with Gasteiger partial charge in [-0.3, -0.25) is 9.80 Å². The molecule has 0 radical (unpaired) electrons. The average Bonchev–Trinajstić information content (AvgIpc) is 3.68. The van der Waals surface area contributed by atoms with Crippen LogP contribution in [0.3, 0.4) is 0 Å². The number of nitrogens with zero attached hydrogens (tertiary/aromatic N) is 2. The molecule has 0 aromatic carbocycles. The molecule has 206 valence electrons. The maximum atomic E-state index is 10.5. The summed E-state index contributed by atoms with van der Waals surface area (Å²) in [6, 6.07) is 1.21. The standard InChI is InChI=1S/C27H46N2O7/c30-21(13-31-22-5-1-19(2-6-22)28(9-24-15-33-24)10-25-16-34-25)14-32-23-7-3-20(4-8-23)29(11-26-17-35-26)12-27-18-36-27/h19-27,30H,1-18H2. The van der Waals surface area contributed by atoms with Gasteiger partial charge in [0, 0.05) is 38.3 Å². The zero-order valence-electron chi connectivity index (χ0n) is 21.7. The summed E-state index contributed by atoms with van der Waals surface area (Å²) in [5.41, 5.74) is 0. The monoisotopic (exact) mass is 510 g/mol. The third-order valence-corrected chi connectivity index (χ3v) is 8.73. The van der Waals surface area contributed by atoms with E-state index in [2.05, 4.69) is 9.80 Å². The van der Waals surface area contributed by atoms with Crippen molar-refractivity contribution in [1.29, 1.82) is 0 Å². The fourth-order valence-electron chi connectivity index (χ4n) is 6.18. The maximum Gasteiger partial charge on any atom is 0.101 e. The molecule has 0 spiro atoms. The summed E-state index contributed by atoms with van der Waals surface area (Å²) in [6.07, 6.45) is 10.5. The van der Waals surface area contributed by atoms with Crippen LogP contribution in [0.2, 0.25) is 0 Å². The quantitative estimate of drug-likeness (QED) is 0.307. The molecule has 0 bridgehead atoms. The maximum absolute atomic E-state index is 10.5. The van der Waals surface area contributed by atoms with E-state index in [4.69, 9.17) is 28.4 Å². The first-order valence-electron chi connectivity index (χ1n) is 14.5. The van der Waals surface area contributed by atoms with Crippen LogP contribution in [0.25, 0.3) is 0 Å². The predicted octanol–water partition coefficient (Wildman–Crippen LogP) is 1.20. The van der Waals surface area contributed by atoms with E-state index in [1.54, 1.807) is 0 Å². The Morgan fingerprint density at radius 1 is 0.556 bits per heavy atom. The van der Waals surface area contributed by atoms with Gasteiger partial charge in [0.25, 0.3) is 0 Å². The molecule has 9 heteroatoms.